The predicted octanol–water partition coefficient (Wildman–Crippen LogP) is 2.92. The maximum absolute atomic E-state index is 13.4. The van der Waals surface area contributed by atoms with Crippen LogP contribution in [0.4, 0.5) is 4.39 Å². The van der Waals surface area contributed by atoms with E-state index in [9.17, 15) is 14.3 Å². The second-order valence-corrected chi connectivity index (χ2v) is 5.57. The molecule has 1 aromatic rings. The lowest BCUT2D eigenvalue weighted by Crippen LogP contribution is -2.38. The van der Waals surface area contributed by atoms with Crippen molar-refractivity contribution in [2.75, 3.05) is 6.54 Å². The Bertz CT molecular complexity index is 621. The van der Waals surface area contributed by atoms with Crippen LogP contribution in [0.5, 0.6) is 0 Å². The van der Waals surface area contributed by atoms with Crippen LogP contribution >= 0.6 is 0 Å². The highest BCUT2D eigenvalue weighted by Gasteiger charge is 2.18. The Morgan fingerprint density at radius 2 is 2.14 bits per heavy atom. The first-order valence-electron chi connectivity index (χ1n) is 6.83. The molecule has 2 rings (SSSR count). The van der Waals surface area contributed by atoms with Gasteiger partial charge in [0.2, 0.25) is 0 Å². The first-order valence-corrected chi connectivity index (χ1v) is 6.83. The summed E-state index contributed by atoms with van der Waals surface area (Å²) in [6.45, 7) is 6.46. The smallest absolute Gasteiger partial charge is 0.337 e. The van der Waals surface area contributed by atoms with Crippen molar-refractivity contribution in [2.45, 2.75) is 20.8 Å². The molecule has 0 unspecified atom stereocenters. The molecule has 0 spiro atoms. The van der Waals surface area contributed by atoms with Crippen molar-refractivity contribution in [1.29, 1.82) is 0 Å². The van der Waals surface area contributed by atoms with Crippen LogP contribution in [0.2, 0.25) is 0 Å². The van der Waals surface area contributed by atoms with Crippen molar-refractivity contribution in [1.82, 2.24) is 10.4 Å². The summed E-state index contributed by atoms with van der Waals surface area (Å²) in [5.74, 6) is -0.886. The topological polar surface area (TPSA) is 52.6 Å². The van der Waals surface area contributed by atoms with Gasteiger partial charge in [-0.3, -0.25) is 10.4 Å². The first kappa shape index (κ1) is 15.1. The molecule has 112 valence electrons. The summed E-state index contributed by atoms with van der Waals surface area (Å²) in [4.78, 5) is 11.3. The number of hydrogen-bond acceptors (Lipinski definition) is 3. The van der Waals surface area contributed by atoms with E-state index in [0.29, 0.717) is 23.7 Å². The molecule has 0 fully saturated rings. The van der Waals surface area contributed by atoms with Gasteiger partial charge in [-0.1, -0.05) is 13.8 Å². The number of hydrazine groups is 1. The van der Waals surface area contributed by atoms with Crippen molar-refractivity contribution >= 4 is 11.7 Å². The molecule has 0 saturated heterocycles. The predicted molar refractivity (Wildman–Crippen MR) is 79.5 cm³/mol. The van der Waals surface area contributed by atoms with E-state index in [2.05, 4.69) is 19.3 Å². The Labute approximate surface area is 123 Å². The lowest BCUT2D eigenvalue weighted by molar-refractivity contribution is -0.132. The van der Waals surface area contributed by atoms with Gasteiger partial charge in [0, 0.05) is 12.7 Å². The van der Waals surface area contributed by atoms with Gasteiger partial charge in [0.1, 0.15) is 5.82 Å². The molecule has 0 amide bonds. The zero-order chi connectivity index (χ0) is 15.6. The van der Waals surface area contributed by atoms with Crippen molar-refractivity contribution in [3.05, 3.63) is 53.0 Å². The van der Waals surface area contributed by atoms with E-state index in [1.165, 1.54) is 6.07 Å². The van der Waals surface area contributed by atoms with Crippen LogP contribution in [-0.4, -0.2) is 22.6 Å². The number of nitrogens with zero attached hydrogens (tertiary/aromatic N) is 1. The molecule has 21 heavy (non-hydrogen) atoms. The van der Waals surface area contributed by atoms with Gasteiger partial charge in [-0.25, -0.2) is 9.18 Å². The van der Waals surface area contributed by atoms with Crippen LogP contribution in [0.25, 0.3) is 5.70 Å². The van der Waals surface area contributed by atoms with Crippen LogP contribution in [0.1, 0.15) is 25.0 Å². The first-order chi connectivity index (χ1) is 9.86. The zero-order valence-electron chi connectivity index (χ0n) is 12.4. The van der Waals surface area contributed by atoms with E-state index in [0.717, 1.165) is 5.56 Å². The van der Waals surface area contributed by atoms with Crippen molar-refractivity contribution in [3.8, 4) is 0 Å². The molecule has 1 aromatic carbocycles. The monoisotopic (exact) mass is 290 g/mol. The number of carboxylic acids is 1. The molecule has 0 radical (unpaired) electrons. The molecular formula is C16H19FN2O2. The van der Waals surface area contributed by atoms with Gasteiger partial charge in [0.15, 0.2) is 0 Å². The van der Waals surface area contributed by atoms with E-state index < -0.39 is 5.97 Å². The van der Waals surface area contributed by atoms with Gasteiger partial charge < -0.3 is 5.11 Å². The van der Waals surface area contributed by atoms with Crippen LogP contribution in [0, 0.1) is 18.7 Å². The number of rotatable bonds is 4. The molecule has 0 aliphatic carbocycles. The third-order valence-corrected chi connectivity index (χ3v) is 3.14. The average Bonchev–Trinajstić information content (AvgIpc) is 2.40. The molecule has 1 aliphatic heterocycles. The minimum absolute atomic E-state index is 0.200. The summed E-state index contributed by atoms with van der Waals surface area (Å²) in [6.07, 6.45) is 3.13. The number of carboxylic acid groups (broad SMARTS) is 1. The van der Waals surface area contributed by atoms with Gasteiger partial charge in [-0.15, -0.1) is 0 Å². The number of nitrogens with one attached hydrogen (secondary N) is 1. The minimum Gasteiger partial charge on any atom is -0.478 e. The molecule has 5 heteroatoms. The Morgan fingerprint density at radius 1 is 1.43 bits per heavy atom. The molecule has 0 atom stereocenters. The number of hydrogen-bond donors (Lipinski definition) is 2. The second kappa shape index (κ2) is 5.99. The highest BCUT2D eigenvalue weighted by Crippen LogP contribution is 2.21. The van der Waals surface area contributed by atoms with Gasteiger partial charge in [0.05, 0.1) is 11.3 Å². The molecular weight excluding hydrogens is 271 g/mol. The fourth-order valence-electron chi connectivity index (χ4n) is 2.15. The fourth-order valence-corrected chi connectivity index (χ4v) is 2.15. The standard InChI is InChI=1S/C16H19FN2O2/c1-10(2)8-19-9-13(16(20)21)7-15(18-19)12-4-5-14(17)11(3)6-12/h4-7,9-10,18H,8H2,1-3H3,(H,20,21). The molecule has 0 bridgehead atoms. The van der Waals surface area contributed by atoms with Gasteiger partial charge in [0.25, 0.3) is 0 Å². The molecule has 1 heterocycles. The molecule has 4 nitrogen and oxygen atoms in total. The summed E-state index contributed by atoms with van der Waals surface area (Å²) < 4.78 is 13.4. The minimum atomic E-state index is -0.985. The lowest BCUT2D eigenvalue weighted by atomic mass is 10.1. The Balaban J connectivity index is 2.35. The number of benzene rings is 1. The SMILES string of the molecule is Cc1cc(C2=CC(C(=O)O)=CN(CC(C)C)N2)ccc1F. The average molecular weight is 290 g/mol. The molecule has 0 aromatic heterocycles. The maximum atomic E-state index is 13.4. The van der Waals surface area contributed by atoms with Crippen molar-refractivity contribution < 1.29 is 14.3 Å². The number of halogens is 1. The van der Waals surface area contributed by atoms with Crippen molar-refractivity contribution in [3.63, 3.8) is 0 Å². The third-order valence-electron chi connectivity index (χ3n) is 3.14. The zero-order valence-corrected chi connectivity index (χ0v) is 12.4. The van der Waals surface area contributed by atoms with E-state index >= 15 is 0 Å². The Hall–Kier alpha value is -2.30. The summed E-state index contributed by atoms with van der Waals surface area (Å²) in [6, 6.07) is 4.73. The summed E-state index contributed by atoms with van der Waals surface area (Å²) in [5, 5.41) is 11.0. The summed E-state index contributed by atoms with van der Waals surface area (Å²) >= 11 is 0. The Kier molecular flexibility index (Phi) is 4.31. The van der Waals surface area contributed by atoms with Crippen molar-refractivity contribution in [2.24, 2.45) is 5.92 Å². The van der Waals surface area contributed by atoms with Gasteiger partial charge in [-0.05, 0) is 48.2 Å². The fraction of sp³-hybridized carbons (Fsp3) is 0.312. The van der Waals surface area contributed by atoms with Gasteiger partial charge in [-0.2, -0.15) is 0 Å². The Morgan fingerprint density at radius 3 is 2.71 bits per heavy atom. The molecule has 1 aliphatic rings. The van der Waals surface area contributed by atoms with Crippen LogP contribution < -0.4 is 5.43 Å². The van der Waals surface area contributed by atoms with E-state index in [1.54, 1.807) is 36.3 Å². The van der Waals surface area contributed by atoms with Crippen LogP contribution in [-0.2, 0) is 4.79 Å². The van der Waals surface area contributed by atoms with E-state index in [1.807, 2.05) is 0 Å². The highest BCUT2D eigenvalue weighted by atomic mass is 19.1. The third kappa shape index (κ3) is 3.62. The normalized spacial score (nSPS) is 14.6. The maximum Gasteiger partial charge on any atom is 0.337 e. The van der Waals surface area contributed by atoms with E-state index in [4.69, 9.17) is 0 Å². The largest absolute Gasteiger partial charge is 0.478 e. The summed E-state index contributed by atoms with van der Waals surface area (Å²) in [5.41, 5.74) is 5.30. The van der Waals surface area contributed by atoms with Gasteiger partial charge >= 0.3 is 5.97 Å². The lowest BCUT2D eigenvalue weighted by Gasteiger charge is -2.29. The van der Waals surface area contributed by atoms with E-state index in [-0.39, 0.29) is 11.4 Å². The quantitative estimate of drug-likeness (QED) is 0.895. The number of carbonyl (C=O) groups is 1. The number of aryl methyl sites for hydroxylation is 1. The molecule has 2 N–H and O–H groups in total. The van der Waals surface area contributed by atoms with Crippen LogP contribution in [0.15, 0.2) is 36.0 Å². The number of aliphatic carboxylic acids is 1. The summed E-state index contributed by atoms with van der Waals surface area (Å²) in [7, 11) is 0. The molecule has 0 saturated carbocycles. The highest BCUT2D eigenvalue weighted by molar-refractivity contribution is 5.93. The second-order valence-electron chi connectivity index (χ2n) is 5.57. The van der Waals surface area contributed by atoms with Crippen LogP contribution in [0.3, 0.4) is 0 Å².